The Bertz CT molecular complexity index is 1400. The number of aromatic nitrogens is 2. The highest BCUT2D eigenvalue weighted by Gasteiger charge is 2.17. The summed E-state index contributed by atoms with van der Waals surface area (Å²) >= 11 is 1.41. The monoisotopic (exact) mass is 520 g/mol. The minimum atomic E-state index is -0.382. The summed E-state index contributed by atoms with van der Waals surface area (Å²) in [5.74, 6) is -0.825. The molecule has 4 aromatic rings. The van der Waals surface area contributed by atoms with Gasteiger partial charge in [-0.25, -0.2) is 0 Å². The summed E-state index contributed by atoms with van der Waals surface area (Å²) in [6, 6.07) is 12.9. The van der Waals surface area contributed by atoms with Crippen molar-refractivity contribution in [3.05, 3.63) is 71.1 Å². The summed E-state index contributed by atoms with van der Waals surface area (Å²) in [5.41, 5.74) is 1.71. The van der Waals surface area contributed by atoms with E-state index in [0.717, 1.165) is 42.9 Å². The second-order valence-corrected chi connectivity index (χ2v) is 9.88. The van der Waals surface area contributed by atoms with Crippen LogP contribution in [-0.4, -0.2) is 71.6 Å². The lowest BCUT2D eigenvalue weighted by Gasteiger charge is -2.26. The van der Waals surface area contributed by atoms with Crippen molar-refractivity contribution in [1.29, 1.82) is 0 Å². The van der Waals surface area contributed by atoms with Crippen molar-refractivity contribution >= 4 is 50.5 Å². The van der Waals surface area contributed by atoms with Crippen LogP contribution in [0.1, 0.15) is 30.6 Å². The molecule has 3 aromatic heterocycles. The lowest BCUT2D eigenvalue weighted by atomic mass is 10.2. The third-order valence-corrected chi connectivity index (χ3v) is 7.26. The predicted octanol–water partition coefficient (Wildman–Crippen LogP) is 3.13. The zero-order valence-corrected chi connectivity index (χ0v) is 21.2. The number of hydrogen-bond acceptors (Lipinski definition) is 6. The summed E-state index contributed by atoms with van der Waals surface area (Å²) in [4.78, 5) is 43.8. The van der Waals surface area contributed by atoms with Gasteiger partial charge in [-0.15, -0.1) is 11.3 Å². The number of thiophene rings is 1. The molecule has 0 atom stereocenters. The van der Waals surface area contributed by atoms with Gasteiger partial charge in [0.15, 0.2) is 0 Å². The Balaban J connectivity index is 1.15. The van der Waals surface area contributed by atoms with Crippen LogP contribution in [0.2, 0.25) is 0 Å². The molecule has 37 heavy (non-hydrogen) atoms. The van der Waals surface area contributed by atoms with Crippen LogP contribution in [0.15, 0.2) is 54.9 Å². The lowest BCUT2D eigenvalue weighted by Crippen LogP contribution is -2.41. The van der Waals surface area contributed by atoms with Crippen molar-refractivity contribution in [2.45, 2.75) is 0 Å². The molecule has 11 heteroatoms. The number of nitrogens with one attached hydrogen (secondary N) is 4. The van der Waals surface area contributed by atoms with Crippen LogP contribution in [-0.2, 0) is 11.8 Å². The van der Waals surface area contributed by atoms with E-state index in [-0.39, 0.29) is 23.4 Å². The minimum Gasteiger partial charge on any atom is -0.379 e. The maximum atomic E-state index is 12.8. The fourth-order valence-corrected chi connectivity index (χ4v) is 5.14. The number of rotatable bonds is 8. The molecule has 0 radical (unpaired) electrons. The van der Waals surface area contributed by atoms with Gasteiger partial charge in [0.05, 0.1) is 29.5 Å². The topological polar surface area (TPSA) is 120 Å². The first-order valence-electron chi connectivity index (χ1n) is 12.0. The van der Waals surface area contributed by atoms with Crippen LogP contribution < -0.4 is 16.0 Å². The highest BCUT2D eigenvalue weighted by atomic mass is 32.1. The van der Waals surface area contributed by atoms with Gasteiger partial charge in [-0.3, -0.25) is 19.3 Å². The Morgan fingerprint density at radius 3 is 2.59 bits per heavy atom. The van der Waals surface area contributed by atoms with Crippen LogP contribution in [0.3, 0.4) is 0 Å². The first-order valence-corrected chi connectivity index (χ1v) is 12.8. The SMILES string of the molecule is Cn1cc(NC(=O)c2cc(NC(=O)c3cc4ccccc4s3)c[nH]2)cc1C(=O)NCCN1CCOCC1. The van der Waals surface area contributed by atoms with Gasteiger partial charge in [-0.05, 0) is 29.7 Å². The predicted molar refractivity (Wildman–Crippen MR) is 144 cm³/mol. The number of H-pyrrole nitrogens is 1. The molecule has 3 amide bonds. The number of aromatic amines is 1. The number of ether oxygens (including phenoxy) is 1. The fourth-order valence-electron chi connectivity index (χ4n) is 4.18. The summed E-state index contributed by atoms with van der Waals surface area (Å²) in [6.45, 7) is 4.46. The normalized spacial score (nSPS) is 14.0. The van der Waals surface area contributed by atoms with Gasteiger partial charge in [-0.2, -0.15) is 0 Å². The molecule has 1 aliphatic rings. The van der Waals surface area contributed by atoms with E-state index >= 15 is 0 Å². The first-order chi connectivity index (χ1) is 18.0. The number of aryl methyl sites for hydroxylation is 1. The van der Waals surface area contributed by atoms with Crippen molar-refractivity contribution in [2.75, 3.05) is 50.0 Å². The number of morpholine rings is 1. The number of carbonyl (C=O) groups excluding carboxylic acids is 3. The third-order valence-electron chi connectivity index (χ3n) is 6.15. The fraction of sp³-hybridized carbons (Fsp3) is 0.269. The maximum Gasteiger partial charge on any atom is 0.272 e. The summed E-state index contributed by atoms with van der Waals surface area (Å²) in [6.07, 6.45) is 3.25. The van der Waals surface area contributed by atoms with Gasteiger partial charge in [-0.1, -0.05) is 18.2 Å². The largest absolute Gasteiger partial charge is 0.379 e. The standard InChI is InChI=1S/C26H28N6O4S/c1-31-16-19(14-21(31)25(34)27-6-7-32-8-10-36-11-9-32)30-24(33)20-13-18(15-28-20)29-26(35)23-12-17-4-2-3-5-22(17)37-23/h2-5,12-16,28H,6-11H2,1H3,(H,27,34)(H,29,35)(H,30,33). The highest BCUT2D eigenvalue weighted by Crippen LogP contribution is 2.26. The van der Waals surface area contributed by atoms with Crippen molar-refractivity contribution in [2.24, 2.45) is 7.05 Å². The molecule has 192 valence electrons. The number of nitrogens with zero attached hydrogens (tertiary/aromatic N) is 2. The molecule has 0 saturated carbocycles. The van der Waals surface area contributed by atoms with E-state index in [1.54, 1.807) is 36.1 Å². The Morgan fingerprint density at radius 2 is 1.78 bits per heavy atom. The van der Waals surface area contributed by atoms with Crippen molar-refractivity contribution in [1.82, 2.24) is 19.8 Å². The molecule has 1 aliphatic heterocycles. The molecule has 5 rings (SSSR count). The Kier molecular flexibility index (Phi) is 7.35. The third kappa shape index (κ3) is 5.91. The zero-order chi connectivity index (χ0) is 25.8. The second-order valence-electron chi connectivity index (χ2n) is 8.79. The van der Waals surface area contributed by atoms with E-state index in [1.165, 1.54) is 11.3 Å². The van der Waals surface area contributed by atoms with E-state index in [0.29, 0.717) is 28.5 Å². The zero-order valence-electron chi connectivity index (χ0n) is 20.4. The number of hydrogen-bond donors (Lipinski definition) is 4. The number of fused-ring (bicyclic) bond motifs is 1. The van der Waals surface area contributed by atoms with E-state index in [2.05, 4.69) is 25.8 Å². The molecule has 10 nitrogen and oxygen atoms in total. The molecule has 1 fully saturated rings. The van der Waals surface area contributed by atoms with Gasteiger partial charge in [0, 0.05) is 50.3 Å². The van der Waals surface area contributed by atoms with Crippen molar-refractivity contribution in [3.63, 3.8) is 0 Å². The molecule has 1 saturated heterocycles. The average Bonchev–Trinajstić information content (AvgIpc) is 3.63. The second kappa shape index (κ2) is 11.0. The van der Waals surface area contributed by atoms with Gasteiger partial charge in [0.2, 0.25) is 0 Å². The summed E-state index contributed by atoms with van der Waals surface area (Å²) < 4.78 is 8.05. The molecule has 0 aliphatic carbocycles. The van der Waals surface area contributed by atoms with Crippen LogP contribution in [0.25, 0.3) is 10.1 Å². The van der Waals surface area contributed by atoms with E-state index in [9.17, 15) is 14.4 Å². The molecular formula is C26H28N6O4S. The molecule has 0 bridgehead atoms. The highest BCUT2D eigenvalue weighted by molar-refractivity contribution is 7.20. The Labute approximate surface area is 217 Å². The lowest BCUT2D eigenvalue weighted by molar-refractivity contribution is 0.0383. The number of carbonyl (C=O) groups is 3. The van der Waals surface area contributed by atoms with Gasteiger partial charge >= 0.3 is 0 Å². The van der Waals surface area contributed by atoms with Crippen LogP contribution in [0, 0.1) is 0 Å². The van der Waals surface area contributed by atoms with Crippen LogP contribution in [0.4, 0.5) is 11.4 Å². The molecule has 0 unspecified atom stereocenters. The summed E-state index contributed by atoms with van der Waals surface area (Å²) in [7, 11) is 1.75. The minimum absolute atomic E-state index is 0.206. The number of benzene rings is 1. The van der Waals surface area contributed by atoms with E-state index in [4.69, 9.17) is 4.74 Å². The van der Waals surface area contributed by atoms with E-state index < -0.39 is 0 Å². The van der Waals surface area contributed by atoms with Gasteiger partial charge in [0.25, 0.3) is 17.7 Å². The van der Waals surface area contributed by atoms with E-state index in [1.807, 2.05) is 30.3 Å². The number of anilines is 2. The van der Waals surface area contributed by atoms with Crippen molar-refractivity contribution in [3.8, 4) is 0 Å². The first kappa shape index (κ1) is 24.8. The van der Waals surface area contributed by atoms with Gasteiger partial charge < -0.3 is 30.2 Å². The van der Waals surface area contributed by atoms with Crippen LogP contribution in [0.5, 0.6) is 0 Å². The summed E-state index contributed by atoms with van der Waals surface area (Å²) in [5, 5.41) is 9.56. The molecule has 1 aromatic carbocycles. The molecular weight excluding hydrogens is 492 g/mol. The Morgan fingerprint density at radius 1 is 1.00 bits per heavy atom. The smallest absolute Gasteiger partial charge is 0.272 e. The number of amides is 3. The van der Waals surface area contributed by atoms with Gasteiger partial charge in [0.1, 0.15) is 11.4 Å². The molecule has 4 heterocycles. The van der Waals surface area contributed by atoms with Crippen LogP contribution >= 0.6 is 11.3 Å². The van der Waals surface area contributed by atoms with Crippen molar-refractivity contribution < 1.29 is 19.1 Å². The molecule has 0 spiro atoms. The average molecular weight is 521 g/mol. The maximum absolute atomic E-state index is 12.8. The molecule has 4 N–H and O–H groups in total. The quantitative estimate of drug-likeness (QED) is 0.285. The Hall–Kier alpha value is -3.93.